The second-order valence-corrected chi connectivity index (χ2v) is 7.90. The average molecular weight is 437 g/mol. The van der Waals surface area contributed by atoms with Crippen LogP contribution in [0.3, 0.4) is 0 Å². The number of carbonyl (C=O) groups excluding carboxylic acids is 2. The minimum absolute atomic E-state index is 0.141. The van der Waals surface area contributed by atoms with Crippen molar-refractivity contribution in [3.05, 3.63) is 57.9 Å². The third-order valence-electron chi connectivity index (χ3n) is 4.83. The number of alkyl halides is 2. The number of benzene rings is 1. The van der Waals surface area contributed by atoms with Gasteiger partial charge >= 0.3 is 0 Å². The molecule has 1 amide bonds. The Morgan fingerprint density at radius 2 is 2.00 bits per heavy atom. The standard InChI is InChI=1S/C22H23ClF2N2O3/c1-12-7-16(8-17(26-12)10-19(28)14-3-4-14)22(29)27-13(2)15-5-6-20(18(23)9-15)30-11-21(24)25/h5-9,13-14,21H,3-4,10-11H2,1-2H3,(H,27,29). The highest BCUT2D eigenvalue weighted by Gasteiger charge is 2.29. The summed E-state index contributed by atoms with van der Waals surface area (Å²) in [6.45, 7) is 2.83. The van der Waals surface area contributed by atoms with Gasteiger partial charge in [-0.3, -0.25) is 14.6 Å². The van der Waals surface area contributed by atoms with Crippen molar-refractivity contribution in [2.75, 3.05) is 6.61 Å². The largest absolute Gasteiger partial charge is 0.486 e. The van der Waals surface area contributed by atoms with Crippen molar-refractivity contribution < 1.29 is 23.1 Å². The Morgan fingerprint density at radius 1 is 1.27 bits per heavy atom. The van der Waals surface area contributed by atoms with Gasteiger partial charge in [-0.25, -0.2) is 8.78 Å². The number of halogens is 3. The zero-order chi connectivity index (χ0) is 21.8. The van der Waals surface area contributed by atoms with Crippen LogP contribution in [0.2, 0.25) is 5.02 Å². The average Bonchev–Trinajstić information content (AvgIpc) is 3.51. The van der Waals surface area contributed by atoms with E-state index in [1.165, 1.54) is 6.07 Å². The monoisotopic (exact) mass is 436 g/mol. The molecule has 0 aliphatic heterocycles. The summed E-state index contributed by atoms with van der Waals surface area (Å²) < 4.78 is 29.5. The van der Waals surface area contributed by atoms with E-state index in [1.54, 1.807) is 38.1 Å². The summed E-state index contributed by atoms with van der Waals surface area (Å²) in [5, 5.41) is 3.07. The summed E-state index contributed by atoms with van der Waals surface area (Å²) in [5.74, 6) is 0.162. The van der Waals surface area contributed by atoms with E-state index in [1.807, 2.05) is 0 Å². The van der Waals surface area contributed by atoms with Crippen LogP contribution in [0.25, 0.3) is 0 Å². The van der Waals surface area contributed by atoms with Gasteiger partial charge in [-0.15, -0.1) is 0 Å². The van der Waals surface area contributed by atoms with Crippen molar-refractivity contribution in [1.29, 1.82) is 0 Å². The summed E-state index contributed by atoms with van der Waals surface area (Å²) in [5.41, 5.74) is 2.38. The van der Waals surface area contributed by atoms with Crippen molar-refractivity contribution in [3.63, 3.8) is 0 Å². The molecule has 0 bridgehead atoms. The first-order chi connectivity index (χ1) is 14.2. The molecule has 1 aliphatic rings. The summed E-state index contributed by atoms with van der Waals surface area (Å²) in [6.07, 6.45) is -0.487. The molecule has 1 unspecified atom stereocenters. The van der Waals surface area contributed by atoms with Gasteiger partial charge in [-0.05, 0) is 56.5 Å². The maximum absolute atomic E-state index is 12.7. The lowest BCUT2D eigenvalue weighted by molar-refractivity contribution is -0.119. The molecule has 160 valence electrons. The molecule has 1 aliphatic carbocycles. The normalized spacial score (nSPS) is 14.5. The fraction of sp³-hybridized carbons (Fsp3) is 0.409. The van der Waals surface area contributed by atoms with Crippen molar-refractivity contribution in [2.45, 2.75) is 45.6 Å². The molecule has 1 fully saturated rings. The third-order valence-corrected chi connectivity index (χ3v) is 5.12. The van der Waals surface area contributed by atoms with E-state index in [0.717, 1.165) is 12.8 Å². The topological polar surface area (TPSA) is 68.3 Å². The van der Waals surface area contributed by atoms with E-state index < -0.39 is 13.0 Å². The molecule has 1 aromatic carbocycles. The molecule has 1 aromatic heterocycles. The van der Waals surface area contributed by atoms with Gasteiger partial charge < -0.3 is 10.1 Å². The molecular formula is C22H23ClF2N2O3. The van der Waals surface area contributed by atoms with E-state index in [-0.39, 0.29) is 40.8 Å². The molecule has 2 aromatic rings. The quantitative estimate of drug-likeness (QED) is 0.618. The second-order valence-electron chi connectivity index (χ2n) is 7.49. The summed E-state index contributed by atoms with van der Waals surface area (Å²) in [6, 6.07) is 7.66. The first-order valence-electron chi connectivity index (χ1n) is 9.74. The molecule has 8 heteroatoms. The molecule has 5 nitrogen and oxygen atoms in total. The number of amides is 1. The Labute approximate surface area is 178 Å². The van der Waals surface area contributed by atoms with E-state index in [0.29, 0.717) is 22.5 Å². The zero-order valence-corrected chi connectivity index (χ0v) is 17.5. The van der Waals surface area contributed by atoms with Crippen molar-refractivity contribution >= 4 is 23.3 Å². The number of aryl methyl sites for hydroxylation is 1. The fourth-order valence-corrected chi connectivity index (χ4v) is 3.35. The van der Waals surface area contributed by atoms with Gasteiger partial charge in [0.25, 0.3) is 12.3 Å². The van der Waals surface area contributed by atoms with Crippen LogP contribution in [-0.2, 0) is 11.2 Å². The minimum atomic E-state index is -2.59. The van der Waals surface area contributed by atoms with E-state index in [4.69, 9.17) is 16.3 Å². The first kappa shape index (κ1) is 22.2. The Kier molecular flexibility index (Phi) is 7.02. The first-order valence-corrected chi connectivity index (χ1v) is 10.1. The lowest BCUT2D eigenvalue weighted by atomic mass is 10.1. The SMILES string of the molecule is Cc1cc(C(=O)NC(C)c2ccc(OCC(F)F)c(Cl)c2)cc(CC(=O)C2CC2)n1. The van der Waals surface area contributed by atoms with Gasteiger partial charge in [0.1, 0.15) is 18.1 Å². The number of hydrogen-bond acceptors (Lipinski definition) is 4. The third kappa shape index (κ3) is 5.98. The number of nitrogens with zero attached hydrogens (tertiary/aromatic N) is 1. The van der Waals surface area contributed by atoms with Crippen molar-refractivity contribution in [1.82, 2.24) is 10.3 Å². The molecule has 1 atom stereocenters. The van der Waals surface area contributed by atoms with Gasteiger partial charge in [0, 0.05) is 29.3 Å². The lowest BCUT2D eigenvalue weighted by Gasteiger charge is -2.16. The van der Waals surface area contributed by atoms with Crippen LogP contribution >= 0.6 is 11.6 Å². The number of rotatable bonds is 9. The number of aromatic nitrogens is 1. The highest BCUT2D eigenvalue weighted by atomic mass is 35.5. The molecule has 1 heterocycles. The van der Waals surface area contributed by atoms with Gasteiger partial charge in [-0.1, -0.05) is 17.7 Å². The van der Waals surface area contributed by atoms with Crippen molar-refractivity contribution in [3.8, 4) is 5.75 Å². The zero-order valence-electron chi connectivity index (χ0n) is 16.8. The Balaban J connectivity index is 1.67. The lowest BCUT2D eigenvalue weighted by Crippen LogP contribution is -2.27. The second kappa shape index (κ2) is 9.51. The predicted molar refractivity (Wildman–Crippen MR) is 109 cm³/mol. The predicted octanol–water partition coefficient (Wildman–Crippen LogP) is 4.70. The summed E-state index contributed by atoms with van der Waals surface area (Å²) in [7, 11) is 0. The molecule has 1 saturated carbocycles. The molecule has 1 N–H and O–H groups in total. The summed E-state index contributed by atoms with van der Waals surface area (Å²) >= 11 is 6.11. The van der Waals surface area contributed by atoms with Gasteiger partial charge in [0.05, 0.1) is 11.1 Å². The molecule has 30 heavy (non-hydrogen) atoms. The van der Waals surface area contributed by atoms with Crippen LogP contribution in [0.4, 0.5) is 8.78 Å². The number of pyridine rings is 1. The minimum Gasteiger partial charge on any atom is -0.486 e. The van der Waals surface area contributed by atoms with E-state index >= 15 is 0 Å². The van der Waals surface area contributed by atoms with Crippen LogP contribution in [-0.4, -0.2) is 29.7 Å². The Bertz CT molecular complexity index is 948. The number of nitrogens with one attached hydrogen (secondary N) is 1. The Hall–Kier alpha value is -2.54. The van der Waals surface area contributed by atoms with Crippen LogP contribution in [0.1, 0.15) is 53.1 Å². The highest BCUT2D eigenvalue weighted by Crippen LogP contribution is 2.31. The fourth-order valence-electron chi connectivity index (χ4n) is 3.11. The van der Waals surface area contributed by atoms with Crippen molar-refractivity contribution in [2.24, 2.45) is 5.92 Å². The number of carbonyl (C=O) groups is 2. The number of hydrogen-bond donors (Lipinski definition) is 1. The highest BCUT2D eigenvalue weighted by molar-refractivity contribution is 6.32. The molecular weight excluding hydrogens is 414 g/mol. The smallest absolute Gasteiger partial charge is 0.272 e. The summed E-state index contributed by atoms with van der Waals surface area (Å²) in [4.78, 5) is 29.2. The Morgan fingerprint density at radius 3 is 2.63 bits per heavy atom. The van der Waals surface area contributed by atoms with Gasteiger partial charge in [0.2, 0.25) is 0 Å². The maximum Gasteiger partial charge on any atom is 0.272 e. The molecule has 0 radical (unpaired) electrons. The van der Waals surface area contributed by atoms with Crippen LogP contribution in [0.15, 0.2) is 30.3 Å². The van der Waals surface area contributed by atoms with Crippen LogP contribution in [0.5, 0.6) is 5.75 Å². The van der Waals surface area contributed by atoms with Crippen LogP contribution in [0, 0.1) is 12.8 Å². The van der Waals surface area contributed by atoms with Crippen LogP contribution < -0.4 is 10.1 Å². The van der Waals surface area contributed by atoms with E-state index in [9.17, 15) is 18.4 Å². The number of ether oxygens (including phenoxy) is 1. The van der Waals surface area contributed by atoms with Gasteiger partial charge in [0.15, 0.2) is 0 Å². The number of Topliss-reactive ketones (excluding diaryl/α,β-unsaturated/α-hetero) is 1. The number of ketones is 1. The van der Waals surface area contributed by atoms with E-state index in [2.05, 4.69) is 10.3 Å². The molecule has 0 saturated heterocycles. The molecule has 3 rings (SSSR count). The maximum atomic E-state index is 12.7. The molecule has 0 spiro atoms. The van der Waals surface area contributed by atoms with Gasteiger partial charge in [-0.2, -0.15) is 0 Å².